The summed E-state index contributed by atoms with van der Waals surface area (Å²) in [6.45, 7) is 1.07. The van der Waals surface area contributed by atoms with Crippen LogP contribution < -0.4 is 5.32 Å². The molecule has 1 aromatic carbocycles. The van der Waals surface area contributed by atoms with Crippen LogP contribution in [-0.2, 0) is 16.1 Å². The Morgan fingerprint density at radius 3 is 2.64 bits per heavy atom. The first-order valence-electron chi connectivity index (χ1n) is 8.40. The van der Waals surface area contributed by atoms with Crippen LogP contribution in [0.4, 0.5) is 4.79 Å². The second kappa shape index (κ2) is 7.63. The molecule has 1 aromatic rings. The molecule has 0 radical (unpaired) electrons. The zero-order valence-electron chi connectivity index (χ0n) is 13.0. The van der Waals surface area contributed by atoms with Crippen molar-refractivity contribution in [3.8, 4) is 0 Å². The van der Waals surface area contributed by atoms with E-state index in [1.54, 1.807) is 0 Å². The number of hydrogen-bond donors (Lipinski definition) is 1. The molecule has 2 atom stereocenters. The number of epoxide rings is 1. The summed E-state index contributed by atoms with van der Waals surface area (Å²) in [7, 11) is 0. The molecule has 0 aromatic heterocycles. The fraction of sp³-hybridized carbons (Fsp3) is 0.611. The summed E-state index contributed by atoms with van der Waals surface area (Å²) in [5.41, 5.74) is 1.00. The standard InChI is InChI=1S/C18H25NO3/c20-18(22-12-15-9-5-2-6-10-15)19-16(17-13-21-17)11-14-7-3-1-4-8-14/h2,5-6,9-10,14,16-17H,1,3-4,7-8,11-13H2,(H,19,20). The average Bonchev–Trinajstić information content (AvgIpc) is 3.39. The van der Waals surface area contributed by atoms with Gasteiger partial charge in [-0.2, -0.15) is 0 Å². The van der Waals surface area contributed by atoms with Crippen molar-refractivity contribution in [1.29, 1.82) is 0 Å². The highest BCUT2D eigenvalue weighted by atomic mass is 16.6. The molecule has 1 saturated heterocycles. The zero-order chi connectivity index (χ0) is 15.2. The molecule has 22 heavy (non-hydrogen) atoms. The molecule has 1 aliphatic carbocycles. The Balaban J connectivity index is 1.44. The van der Waals surface area contributed by atoms with Gasteiger partial charge in [-0.25, -0.2) is 4.79 Å². The Morgan fingerprint density at radius 2 is 1.95 bits per heavy atom. The van der Waals surface area contributed by atoms with Crippen LogP contribution in [0.5, 0.6) is 0 Å². The fourth-order valence-electron chi connectivity index (χ4n) is 3.29. The number of carbonyl (C=O) groups excluding carboxylic acids is 1. The van der Waals surface area contributed by atoms with Crippen LogP contribution in [0.1, 0.15) is 44.1 Å². The Labute approximate surface area is 132 Å². The van der Waals surface area contributed by atoms with Crippen molar-refractivity contribution in [1.82, 2.24) is 5.32 Å². The number of nitrogens with one attached hydrogen (secondary N) is 1. The molecule has 0 bridgehead atoms. The molecule has 1 saturated carbocycles. The normalized spacial score (nSPS) is 22.8. The Hall–Kier alpha value is -1.55. The Morgan fingerprint density at radius 1 is 1.23 bits per heavy atom. The van der Waals surface area contributed by atoms with Crippen LogP contribution in [0.2, 0.25) is 0 Å². The molecular weight excluding hydrogens is 278 g/mol. The highest BCUT2D eigenvalue weighted by molar-refractivity contribution is 5.67. The molecule has 1 amide bonds. The summed E-state index contributed by atoms with van der Waals surface area (Å²) < 4.78 is 10.7. The van der Waals surface area contributed by atoms with E-state index in [1.165, 1.54) is 32.1 Å². The largest absolute Gasteiger partial charge is 0.445 e. The van der Waals surface area contributed by atoms with E-state index in [-0.39, 0.29) is 18.2 Å². The molecule has 2 aliphatic rings. The molecule has 120 valence electrons. The number of ether oxygens (including phenoxy) is 2. The van der Waals surface area contributed by atoms with Crippen molar-refractivity contribution in [2.75, 3.05) is 6.61 Å². The van der Waals surface area contributed by atoms with Crippen molar-refractivity contribution < 1.29 is 14.3 Å². The summed E-state index contributed by atoms with van der Waals surface area (Å²) >= 11 is 0. The van der Waals surface area contributed by atoms with Crippen LogP contribution in [0.15, 0.2) is 30.3 Å². The number of hydrogen-bond acceptors (Lipinski definition) is 3. The van der Waals surface area contributed by atoms with E-state index in [1.807, 2.05) is 30.3 Å². The van der Waals surface area contributed by atoms with Gasteiger partial charge in [0.2, 0.25) is 0 Å². The number of rotatable bonds is 6. The van der Waals surface area contributed by atoms with Crippen molar-refractivity contribution in [3.63, 3.8) is 0 Å². The maximum absolute atomic E-state index is 12.0. The van der Waals surface area contributed by atoms with E-state index in [9.17, 15) is 4.79 Å². The minimum Gasteiger partial charge on any atom is -0.445 e. The van der Waals surface area contributed by atoms with Crippen molar-refractivity contribution in [3.05, 3.63) is 35.9 Å². The smallest absolute Gasteiger partial charge is 0.407 e. The molecule has 1 aliphatic heterocycles. The molecule has 2 fully saturated rings. The van der Waals surface area contributed by atoms with Crippen molar-refractivity contribution in [2.24, 2.45) is 5.92 Å². The quantitative estimate of drug-likeness (QED) is 0.816. The maximum Gasteiger partial charge on any atom is 0.407 e. The molecule has 3 rings (SSSR count). The number of carbonyl (C=O) groups is 1. The van der Waals surface area contributed by atoms with E-state index < -0.39 is 0 Å². The van der Waals surface area contributed by atoms with E-state index in [0.29, 0.717) is 6.61 Å². The summed E-state index contributed by atoms with van der Waals surface area (Å²) in [5.74, 6) is 0.720. The van der Waals surface area contributed by atoms with E-state index in [2.05, 4.69) is 5.32 Å². The van der Waals surface area contributed by atoms with Crippen LogP contribution >= 0.6 is 0 Å². The van der Waals surface area contributed by atoms with Crippen LogP contribution in [0, 0.1) is 5.92 Å². The Kier molecular flexibility index (Phi) is 5.33. The molecule has 1 heterocycles. The lowest BCUT2D eigenvalue weighted by Gasteiger charge is -2.26. The first-order valence-corrected chi connectivity index (χ1v) is 8.40. The topological polar surface area (TPSA) is 50.9 Å². The molecule has 2 unspecified atom stereocenters. The van der Waals surface area contributed by atoms with Crippen molar-refractivity contribution >= 4 is 6.09 Å². The Bertz CT molecular complexity index is 466. The first kappa shape index (κ1) is 15.3. The lowest BCUT2D eigenvalue weighted by Crippen LogP contribution is -2.40. The minimum atomic E-state index is -0.333. The van der Waals surface area contributed by atoms with Crippen LogP contribution in [0.25, 0.3) is 0 Å². The summed E-state index contributed by atoms with van der Waals surface area (Å²) in [6, 6.07) is 9.86. The number of alkyl carbamates (subject to hydrolysis) is 1. The predicted molar refractivity (Wildman–Crippen MR) is 84.5 cm³/mol. The van der Waals surface area contributed by atoms with Gasteiger partial charge < -0.3 is 14.8 Å². The highest BCUT2D eigenvalue weighted by Crippen LogP contribution is 2.30. The lowest BCUT2D eigenvalue weighted by molar-refractivity contribution is 0.130. The molecule has 4 nitrogen and oxygen atoms in total. The molecule has 1 N–H and O–H groups in total. The second-order valence-electron chi connectivity index (χ2n) is 6.42. The van der Waals surface area contributed by atoms with Gasteiger partial charge >= 0.3 is 6.09 Å². The van der Waals surface area contributed by atoms with Gasteiger partial charge in [-0.3, -0.25) is 0 Å². The molecule has 4 heteroatoms. The molecular formula is C18H25NO3. The number of amides is 1. The fourth-order valence-corrected chi connectivity index (χ4v) is 3.29. The van der Waals surface area contributed by atoms with Gasteiger partial charge in [0.25, 0.3) is 0 Å². The zero-order valence-corrected chi connectivity index (χ0v) is 13.0. The van der Waals surface area contributed by atoms with Gasteiger partial charge in [0.05, 0.1) is 12.6 Å². The molecule has 0 spiro atoms. The van der Waals surface area contributed by atoms with Gasteiger partial charge in [0.15, 0.2) is 0 Å². The maximum atomic E-state index is 12.0. The first-order chi connectivity index (χ1) is 10.8. The van der Waals surface area contributed by atoms with Gasteiger partial charge in [0.1, 0.15) is 12.7 Å². The van der Waals surface area contributed by atoms with Crippen LogP contribution in [-0.4, -0.2) is 24.8 Å². The predicted octanol–water partition coefficient (Wildman–Crippen LogP) is 3.65. The number of benzene rings is 1. The van der Waals surface area contributed by atoms with E-state index in [0.717, 1.165) is 24.5 Å². The highest BCUT2D eigenvalue weighted by Gasteiger charge is 2.35. The van der Waals surface area contributed by atoms with Gasteiger partial charge in [0, 0.05) is 0 Å². The third-order valence-electron chi connectivity index (χ3n) is 4.64. The lowest BCUT2D eigenvalue weighted by atomic mass is 9.84. The van der Waals surface area contributed by atoms with Gasteiger partial charge in [-0.15, -0.1) is 0 Å². The van der Waals surface area contributed by atoms with Gasteiger partial charge in [-0.1, -0.05) is 62.4 Å². The van der Waals surface area contributed by atoms with Gasteiger partial charge in [-0.05, 0) is 17.9 Å². The van der Waals surface area contributed by atoms with Crippen molar-refractivity contribution in [2.45, 2.75) is 57.3 Å². The summed E-state index contributed by atoms with van der Waals surface area (Å²) in [4.78, 5) is 12.0. The summed E-state index contributed by atoms with van der Waals surface area (Å²) in [6.07, 6.45) is 7.43. The average molecular weight is 303 g/mol. The summed E-state index contributed by atoms with van der Waals surface area (Å²) in [5, 5.41) is 3.01. The third kappa shape index (κ3) is 4.73. The van der Waals surface area contributed by atoms with Crippen LogP contribution in [0.3, 0.4) is 0 Å². The SMILES string of the molecule is O=C(NC(CC1CCCCC1)C1CO1)OCc1ccccc1. The van der Waals surface area contributed by atoms with E-state index >= 15 is 0 Å². The third-order valence-corrected chi connectivity index (χ3v) is 4.64. The monoisotopic (exact) mass is 303 g/mol. The second-order valence-corrected chi connectivity index (χ2v) is 6.42. The van der Waals surface area contributed by atoms with E-state index in [4.69, 9.17) is 9.47 Å². The minimum absolute atomic E-state index is 0.103.